The number of hydrogen-bond acceptors (Lipinski definition) is 4. The van der Waals surface area contributed by atoms with Gasteiger partial charge in [-0.25, -0.2) is 0 Å². The first-order valence-corrected chi connectivity index (χ1v) is 7.45. The molecule has 6 heteroatoms. The van der Waals surface area contributed by atoms with Gasteiger partial charge < -0.3 is 20.5 Å². The summed E-state index contributed by atoms with van der Waals surface area (Å²) in [6.07, 6.45) is 1.05. The zero-order valence-corrected chi connectivity index (χ0v) is 13.5. The molecule has 1 rings (SSSR count). The Balaban J connectivity index is 2.91. The molecule has 118 valence electrons. The summed E-state index contributed by atoms with van der Waals surface area (Å²) in [5, 5.41) is 3.79. The third-order valence-corrected chi connectivity index (χ3v) is 3.28. The summed E-state index contributed by atoms with van der Waals surface area (Å²) in [6, 6.07) is 4.08. The van der Waals surface area contributed by atoms with Crippen LogP contribution in [0.4, 0.5) is 0 Å². The summed E-state index contributed by atoms with van der Waals surface area (Å²) in [7, 11) is 0. The van der Waals surface area contributed by atoms with Crippen molar-refractivity contribution in [1.29, 1.82) is 0 Å². The van der Waals surface area contributed by atoms with Crippen molar-refractivity contribution in [2.75, 3.05) is 13.2 Å². The Morgan fingerprint density at radius 3 is 2.67 bits per heavy atom. The lowest BCUT2D eigenvalue weighted by atomic mass is 10.1. The number of nitrogens with two attached hydrogens (primary N) is 1. The fourth-order valence-corrected chi connectivity index (χ4v) is 1.99. The Bertz CT molecular complexity index is 480. The van der Waals surface area contributed by atoms with Gasteiger partial charge in [0.15, 0.2) is 18.1 Å². The monoisotopic (exact) mass is 314 g/mol. The average Bonchev–Trinajstić information content (AvgIpc) is 2.43. The van der Waals surface area contributed by atoms with Gasteiger partial charge >= 0.3 is 0 Å². The van der Waals surface area contributed by atoms with E-state index in [9.17, 15) is 4.79 Å². The number of benzene rings is 1. The predicted octanol–water partition coefficient (Wildman–Crippen LogP) is 2.49. The van der Waals surface area contributed by atoms with Crippen LogP contribution in [-0.2, 0) is 11.3 Å². The van der Waals surface area contributed by atoms with E-state index in [1.807, 2.05) is 13.0 Å². The molecule has 0 aliphatic rings. The molecular formula is C15H23ClN2O3. The molecule has 3 N–H and O–H groups in total. The molecule has 0 saturated carbocycles. The van der Waals surface area contributed by atoms with Gasteiger partial charge in [0, 0.05) is 12.6 Å². The minimum atomic E-state index is -0.559. The minimum Gasteiger partial charge on any atom is -0.490 e. The van der Waals surface area contributed by atoms with Gasteiger partial charge in [0.05, 0.1) is 11.6 Å². The Labute approximate surface area is 130 Å². The lowest BCUT2D eigenvalue weighted by Crippen LogP contribution is -2.24. The molecule has 0 fully saturated rings. The number of carbonyl (C=O) groups excluding carboxylic acids is 1. The highest BCUT2D eigenvalue weighted by atomic mass is 35.5. The first-order chi connectivity index (χ1) is 9.97. The van der Waals surface area contributed by atoms with Crippen LogP contribution in [-0.4, -0.2) is 25.2 Å². The van der Waals surface area contributed by atoms with Crippen molar-refractivity contribution in [2.45, 2.75) is 39.8 Å². The predicted molar refractivity (Wildman–Crippen MR) is 83.9 cm³/mol. The number of halogens is 1. The highest BCUT2D eigenvalue weighted by Crippen LogP contribution is 2.36. The van der Waals surface area contributed by atoms with E-state index < -0.39 is 5.91 Å². The van der Waals surface area contributed by atoms with Crippen molar-refractivity contribution in [1.82, 2.24) is 5.32 Å². The third-order valence-electron chi connectivity index (χ3n) is 2.99. The van der Waals surface area contributed by atoms with Crippen LogP contribution in [0, 0.1) is 0 Å². The van der Waals surface area contributed by atoms with Gasteiger partial charge in [-0.15, -0.1) is 0 Å². The Hall–Kier alpha value is -1.46. The number of hydrogen-bond donors (Lipinski definition) is 2. The van der Waals surface area contributed by atoms with E-state index in [1.54, 1.807) is 6.07 Å². The molecule has 5 nitrogen and oxygen atoms in total. The second-order valence-electron chi connectivity index (χ2n) is 4.78. The van der Waals surface area contributed by atoms with Gasteiger partial charge in [0.25, 0.3) is 5.91 Å². The van der Waals surface area contributed by atoms with Gasteiger partial charge in [-0.05, 0) is 38.0 Å². The zero-order chi connectivity index (χ0) is 15.8. The molecule has 0 saturated heterocycles. The number of primary amides is 1. The standard InChI is InChI=1S/C15H23ClN2O3/c1-4-10(3)18-8-11-6-12(16)15(21-9-14(17)19)13(7-11)20-5-2/h6-7,10,18H,4-5,8-9H2,1-3H3,(H2,17,19)/t10-/m0/s1. The molecule has 0 spiro atoms. The van der Waals surface area contributed by atoms with E-state index in [0.717, 1.165) is 12.0 Å². The summed E-state index contributed by atoms with van der Waals surface area (Å²) in [4.78, 5) is 10.8. The zero-order valence-electron chi connectivity index (χ0n) is 12.7. The number of carbonyl (C=O) groups is 1. The molecule has 1 atom stereocenters. The van der Waals surface area contributed by atoms with E-state index in [0.29, 0.717) is 35.7 Å². The SMILES string of the molecule is CCOc1cc(CN[C@@H](C)CC)cc(Cl)c1OCC(N)=O. The molecule has 1 aromatic rings. The summed E-state index contributed by atoms with van der Waals surface area (Å²) in [5.74, 6) is 0.313. The average molecular weight is 315 g/mol. The Morgan fingerprint density at radius 1 is 1.38 bits per heavy atom. The van der Waals surface area contributed by atoms with E-state index in [2.05, 4.69) is 19.2 Å². The molecule has 0 heterocycles. The molecule has 0 unspecified atom stereocenters. The molecule has 0 aliphatic carbocycles. The maximum atomic E-state index is 10.8. The molecule has 0 radical (unpaired) electrons. The van der Waals surface area contributed by atoms with E-state index >= 15 is 0 Å². The van der Waals surface area contributed by atoms with E-state index in [-0.39, 0.29) is 6.61 Å². The molecule has 0 aromatic heterocycles. The first-order valence-electron chi connectivity index (χ1n) is 7.07. The van der Waals surface area contributed by atoms with Crippen LogP contribution in [0.25, 0.3) is 0 Å². The van der Waals surface area contributed by atoms with Crippen molar-refractivity contribution in [3.8, 4) is 11.5 Å². The van der Waals surface area contributed by atoms with Crippen molar-refractivity contribution in [3.05, 3.63) is 22.7 Å². The van der Waals surface area contributed by atoms with Gasteiger partial charge in [0.1, 0.15) is 0 Å². The smallest absolute Gasteiger partial charge is 0.255 e. The van der Waals surface area contributed by atoms with Crippen molar-refractivity contribution in [2.24, 2.45) is 5.73 Å². The van der Waals surface area contributed by atoms with Gasteiger partial charge in [-0.1, -0.05) is 18.5 Å². The fraction of sp³-hybridized carbons (Fsp3) is 0.533. The highest BCUT2D eigenvalue weighted by Gasteiger charge is 2.14. The van der Waals surface area contributed by atoms with Crippen molar-refractivity contribution in [3.63, 3.8) is 0 Å². The molecule has 0 aliphatic heterocycles. The normalized spacial score (nSPS) is 12.0. The van der Waals surface area contributed by atoms with Crippen LogP contribution >= 0.6 is 11.6 Å². The maximum absolute atomic E-state index is 10.8. The molecule has 1 amide bonds. The van der Waals surface area contributed by atoms with Crippen LogP contribution in [0.2, 0.25) is 5.02 Å². The first kappa shape index (κ1) is 17.6. The lowest BCUT2D eigenvalue weighted by Gasteiger charge is -2.16. The quantitative estimate of drug-likeness (QED) is 0.734. The van der Waals surface area contributed by atoms with Gasteiger partial charge in [0.2, 0.25) is 0 Å². The van der Waals surface area contributed by atoms with Crippen LogP contribution in [0.5, 0.6) is 11.5 Å². The highest BCUT2D eigenvalue weighted by molar-refractivity contribution is 6.32. The second-order valence-corrected chi connectivity index (χ2v) is 5.19. The summed E-state index contributed by atoms with van der Waals surface area (Å²) >= 11 is 6.22. The number of rotatable bonds is 9. The van der Waals surface area contributed by atoms with E-state index in [4.69, 9.17) is 26.8 Å². The largest absolute Gasteiger partial charge is 0.490 e. The molecule has 1 aromatic carbocycles. The van der Waals surface area contributed by atoms with E-state index in [1.165, 1.54) is 0 Å². The number of amides is 1. The Morgan fingerprint density at radius 2 is 2.10 bits per heavy atom. The van der Waals surface area contributed by atoms with Crippen LogP contribution < -0.4 is 20.5 Å². The molecular weight excluding hydrogens is 292 g/mol. The summed E-state index contributed by atoms with van der Waals surface area (Å²) in [6.45, 7) is 7.04. The van der Waals surface area contributed by atoms with Crippen LogP contribution in [0.1, 0.15) is 32.8 Å². The topological polar surface area (TPSA) is 73.6 Å². The van der Waals surface area contributed by atoms with Gasteiger partial charge in [-0.3, -0.25) is 4.79 Å². The maximum Gasteiger partial charge on any atom is 0.255 e. The van der Waals surface area contributed by atoms with Gasteiger partial charge in [-0.2, -0.15) is 0 Å². The second kappa shape index (κ2) is 8.74. The fourth-order valence-electron chi connectivity index (χ4n) is 1.71. The third kappa shape index (κ3) is 5.81. The summed E-state index contributed by atoms with van der Waals surface area (Å²) in [5.41, 5.74) is 6.08. The van der Waals surface area contributed by atoms with Crippen molar-refractivity contribution < 1.29 is 14.3 Å². The van der Waals surface area contributed by atoms with Crippen molar-refractivity contribution >= 4 is 17.5 Å². The minimum absolute atomic E-state index is 0.232. The number of nitrogens with one attached hydrogen (secondary N) is 1. The van der Waals surface area contributed by atoms with Crippen LogP contribution in [0.3, 0.4) is 0 Å². The summed E-state index contributed by atoms with van der Waals surface area (Å²) < 4.78 is 10.9. The number of ether oxygens (including phenoxy) is 2. The molecule has 0 bridgehead atoms. The molecule has 21 heavy (non-hydrogen) atoms. The Kier molecular flexibility index (Phi) is 7.32. The lowest BCUT2D eigenvalue weighted by molar-refractivity contribution is -0.119. The van der Waals surface area contributed by atoms with Crippen LogP contribution in [0.15, 0.2) is 12.1 Å².